The number of carbonyl (C=O) groups is 1. The summed E-state index contributed by atoms with van der Waals surface area (Å²) in [6.45, 7) is 2.60. The van der Waals surface area contributed by atoms with Crippen LogP contribution in [0.2, 0.25) is 0 Å². The molecular weight excluding hydrogens is 190 g/mol. The summed E-state index contributed by atoms with van der Waals surface area (Å²) in [5.74, 6) is -0.771. The van der Waals surface area contributed by atoms with Gasteiger partial charge in [-0.25, -0.2) is 0 Å². The van der Waals surface area contributed by atoms with Gasteiger partial charge in [0.2, 0.25) is 0 Å². The van der Waals surface area contributed by atoms with Crippen molar-refractivity contribution in [3.63, 3.8) is 0 Å². The fourth-order valence-corrected chi connectivity index (χ4v) is 1.44. The molecule has 82 valence electrons. The molecule has 0 amide bonds. The summed E-state index contributed by atoms with van der Waals surface area (Å²) >= 11 is 0. The SMILES string of the molecule is CCC[C@@H](NCc1ccccc1)C(=O)O. The predicted octanol–water partition coefficient (Wildman–Crippen LogP) is 2.03. The Morgan fingerprint density at radius 2 is 2.07 bits per heavy atom. The topological polar surface area (TPSA) is 49.3 Å². The first-order valence-corrected chi connectivity index (χ1v) is 5.24. The zero-order valence-electron chi connectivity index (χ0n) is 8.94. The molecule has 1 rings (SSSR count). The van der Waals surface area contributed by atoms with Crippen LogP contribution in [0.4, 0.5) is 0 Å². The van der Waals surface area contributed by atoms with Crippen LogP contribution in [0.5, 0.6) is 0 Å². The van der Waals surface area contributed by atoms with Gasteiger partial charge in [0, 0.05) is 6.54 Å². The molecule has 0 spiro atoms. The molecule has 1 aromatic carbocycles. The van der Waals surface area contributed by atoms with Gasteiger partial charge >= 0.3 is 5.97 Å². The van der Waals surface area contributed by atoms with E-state index in [0.29, 0.717) is 13.0 Å². The lowest BCUT2D eigenvalue weighted by atomic mass is 10.1. The molecule has 0 saturated heterocycles. The second-order valence-corrected chi connectivity index (χ2v) is 3.55. The Balaban J connectivity index is 2.43. The van der Waals surface area contributed by atoms with Crippen molar-refractivity contribution in [1.82, 2.24) is 5.32 Å². The zero-order chi connectivity index (χ0) is 11.1. The van der Waals surface area contributed by atoms with E-state index >= 15 is 0 Å². The highest BCUT2D eigenvalue weighted by Crippen LogP contribution is 2.01. The minimum Gasteiger partial charge on any atom is -0.480 e. The molecule has 0 heterocycles. The van der Waals surface area contributed by atoms with Gasteiger partial charge in [0.15, 0.2) is 0 Å². The second kappa shape index (κ2) is 6.19. The van der Waals surface area contributed by atoms with E-state index in [4.69, 9.17) is 5.11 Å². The molecule has 0 bridgehead atoms. The summed E-state index contributed by atoms with van der Waals surface area (Å²) in [6, 6.07) is 9.38. The van der Waals surface area contributed by atoms with Gasteiger partial charge in [-0.15, -0.1) is 0 Å². The van der Waals surface area contributed by atoms with Gasteiger partial charge in [-0.3, -0.25) is 4.79 Å². The molecule has 3 heteroatoms. The lowest BCUT2D eigenvalue weighted by Gasteiger charge is -2.13. The Kier molecular flexibility index (Phi) is 4.84. The quantitative estimate of drug-likeness (QED) is 0.750. The van der Waals surface area contributed by atoms with Crippen molar-refractivity contribution < 1.29 is 9.90 Å². The molecule has 0 aromatic heterocycles. The lowest BCUT2D eigenvalue weighted by Crippen LogP contribution is -2.35. The average molecular weight is 207 g/mol. The molecule has 0 saturated carbocycles. The number of carboxylic acids is 1. The lowest BCUT2D eigenvalue weighted by molar-refractivity contribution is -0.139. The van der Waals surface area contributed by atoms with Crippen molar-refractivity contribution in [3.05, 3.63) is 35.9 Å². The van der Waals surface area contributed by atoms with Crippen LogP contribution in [0, 0.1) is 0 Å². The Hall–Kier alpha value is -1.35. The summed E-state index contributed by atoms with van der Waals surface area (Å²) < 4.78 is 0. The highest BCUT2D eigenvalue weighted by atomic mass is 16.4. The number of hydrogen-bond acceptors (Lipinski definition) is 2. The standard InChI is InChI=1S/C12H17NO2/c1-2-6-11(12(14)15)13-9-10-7-4-3-5-8-10/h3-5,7-8,11,13H,2,6,9H2,1H3,(H,14,15)/t11-/m1/s1. The van der Waals surface area contributed by atoms with E-state index in [-0.39, 0.29) is 0 Å². The molecule has 2 N–H and O–H groups in total. The van der Waals surface area contributed by atoms with Gasteiger partial charge in [0.05, 0.1) is 0 Å². The van der Waals surface area contributed by atoms with E-state index in [2.05, 4.69) is 5.32 Å². The van der Waals surface area contributed by atoms with Crippen molar-refractivity contribution in [3.8, 4) is 0 Å². The molecule has 0 unspecified atom stereocenters. The van der Waals surface area contributed by atoms with Crippen molar-refractivity contribution in [1.29, 1.82) is 0 Å². The molecule has 0 radical (unpaired) electrons. The minimum absolute atomic E-state index is 0.435. The third kappa shape index (κ3) is 4.13. The van der Waals surface area contributed by atoms with E-state index in [1.165, 1.54) is 0 Å². The van der Waals surface area contributed by atoms with Gasteiger partial charge in [0.25, 0.3) is 0 Å². The van der Waals surface area contributed by atoms with Gasteiger partial charge in [-0.1, -0.05) is 43.7 Å². The predicted molar refractivity (Wildman–Crippen MR) is 59.6 cm³/mol. The molecule has 3 nitrogen and oxygen atoms in total. The summed E-state index contributed by atoms with van der Waals surface area (Å²) in [5, 5.41) is 12.0. The van der Waals surface area contributed by atoms with Crippen LogP contribution in [0.15, 0.2) is 30.3 Å². The summed E-state index contributed by atoms with van der Waals surface area (Å²) in [7, 11) is 0. The monoisotopic (exact) mass is 207 g/mol. The molecule has 1 atom stereocenters. The molecule has 0 aliphatic carbocycles. The Bertz CT molecular complexity index is 298. The number of hydrogen-bond donors (Lipinski definition) is 2. The Labute approximate surface area is 90.1 Å². The highest BCUT2D eigenvalue weighted by Gasteiger charge is 2.14. The van der Waals surface area contributed by atoms with Crippen LogP contribution >= 0.6 is 0 Å². The molecule has 15 heavy (non-hydrogen) atoms. The van der Waals surface area contributed by atoms with E-state index in [0.717, 1.165) is 12.0 Å². The number of aliphatic carboxylic acids is 1. The average Bonchev–Trinajstić information content (AvgIpc) is 2.25. The summed E-state index contributed by atoms with van der Waals surface area (Å²) in [4.78, 5) is 10.8. The van der Waals surface area contributed by atoms with Gasteiger partial charge in [-0.2, -0.15) is 0 Å². The van der Waals surface area contributed by atoms with Crippen molar-refractivity contribution in [2.45, 2.75) is 32.4 Å². The van der Waals surface area contributed by atoms with Gasteiger partial charge in [0.1, 0.15) is 6.04 Å². The third-order valence-electron chi connectivity index (χ3n) is 2.27. The number of rotatable bonds is 6. The van der Waals surface area contributed by atoms with Gasteiger partial charge < -0.3 is 10.4 Å². The second-order valence-electron chi connectivity index (χ2n) is 3.55. The van der Waals surface area contributed by atoms with E-state index in [1.54, 1.807) is 0 Å². The Morgan fingerprint density at radius 3 is 2.60 bits per heavy atom. The van der Waals surface area contributed by atoms with E-state index in [9.17, 15) is 4.79 Å². The molecular formula is C12H17NO2. The fraction of sp³-hybridized carbons (Fsp3) is 0.417. The number of nitrogens with one attached hydrogen (secondary N) is 1. The molecule has 0 fully saturated rings. The third-order valence-corrected chi connectivity index (χ3v) is 2.27. The largest absolute Gasteiger partial charge is 0.480 e. The summed E-state index contributed by atoms with van der Waals surface area (Å²) in [6.07, 6.45) is 1.54. The van der Waals surface area contributed by atoms with Gasteiger partial charge in [-0.05, 0) is 12.0 Å². The maximum Gasteiger partial charge on any atom is 0.320 e. The first-order chi connectivity index (χ1) is 7.24. The molecule has 1 aromatic rings. The zero-order valence-corrected chi connectivity index (χ0v) is 8.94. The normalized spacial score (nSPS) is 12.3. The first kappa shape index (κ1) is 11.7. The smallest absolute Gasteiger partial charge is 0.320 e. The number of benzene rings is 1. The first-order valence-electron chi connectivity index (χ1n) is 5.24. The fourth-order valence-electron chi connectivity index (χ4n) is 1.44. The van der Waals surface area contributed by atoms with Crippen molar-refractivity contribution in [2.75, 3.05) is 0 Å². The van der Waals surface area contributed by atoms with Crippen LogP contribution in [-0.2, 0) is 11.3 Å². The minimum atomic E-state index is -0.771. The van der Waals surface area contributed by atoms with E-state index < -0.39 is 12.0 Å². The summed E-state index contributed by atoms with van der Waals surface area (Å²) in [5.41, 5.74) is 1.11. The van der Waals surface area contributed by atoms with Crippen LogP contribution in [-0.4, -0.2) is 17.1 Å². The maximum atomic E-state index is 10.8. The molecule has 0 aliphatic rings. The Morgan fingerprint density at radius 1 is 1.40 bits per heavy atom. The van der Waals surface area contributed by atoms with Crippen LogP contribution in [0.25, 0.3) is 0 Å². The van der Waals surface area contributed by atoms with Crippen LogP contribution in [0.1, 0.15) is 25.3 Å². The van der Waals surface area contributed by atoms with Crippen LogP contribution < -0.4 is 5.32 Å². The van der Waals surface area contributed by atoms with Crippen molar-refractivity contribution >= 4 is 5.97 Å². The molecule has 0 aliphatic heterocycles. The highest BCUT2D eigenvalue weighted by molar-refractivity contribution is 5.73. The number of carboxylic acid groups (broad SMARTS) is 1. The van der Waals surface area contributed by atoms with Crippen molar-refractivity contribution in [2.24, 2.45) is 0 Å². The van der Waals surface area contributed by atoms with E-state index in [1.807, 2.05) is 37.3 Å². The van der Waals surface area contributed by atoms with Crippen LogP contribution in [0.3, 0.4) is 0 Å². The maximum absolute atomic E-state index is 10.8.